The van der Waals surface area contributed by atoms with Gasteiger partial charge in [-0.3, -0.25) is 4.79 Å². The van der Waals surface area contributed by atoms with E-state index in [0.29, 0.717) is 12.2 Å². The molecule has 2 heterocycles. The minimum atomic E-state index is -1.28. The van der Waals surface area contributed by atoms with Crippen LogP contribution < -0.4 is 0 Å². The van der Waals surface area contributed by atoms with Crippen molar-refractivity contribution in [1.82, 2.24) is 0 Å². The molecule has 2 rings (SSSR count). The molecule has 2 aromatic rings. The third kappa shape index (κ3) is 14.1. The Morgan fingerprint density at radius 2 is 1.62 bits per heavy atom. The first-order chi connectivity index (χ1) is 13.9. The maximum absolute atomic E-state index is 11.3. The third-order valence-corrected chi connectivity index (χ3v) is 5.36. The molecule has 0 aromatic carbocycles. The van der Waals surface area contributed by atoms with Crippen LogP contribution in [0.25, 0.3) is 0 Å². The van der Waals surface area contributed by atoms with Crippen molar-refractivity contribution in [3.8, 4) is 0 Å². The summed E-state index contributed by atoms with van der Waals surface area (Å²) in [7, 11) is -1.28. The normalized spacial score (nSPS) is 11.2. The first-order valence-electron chi connectivity index (χ1n) is 10.8. The summed E-state index contributed by atoms with van der Waals surface area (Å²) in [6.45, 7) is 7.86. The van der Waals surface area contributed by atoms with Gasteiger partial charge in [0.2, 0.25) is 0 Å². The van der Waals surface area contributed by atoms with E-state index >= 15 is 0 Å². The predicted molar refractivity (Wildman–Crippen MR) is 119 cm³/mol. The quantitative estimate of drug-likeness (QED) is 0.221. The molecule has 5 nitrogen and oxygen atoms in total. The highest BCUT2D eigenvalue weighted by Gasteiger charge is 2.12. The van der Waals surface area contributed by atoms with Gasteiger partial charge in [0, 0.05) is 26.1 Å². The number of furan rings is 2. The zero-order chi connectivity index (χ0) is 21.4. The Labute approximate surface area is 176 Å². The predicted octanol–water partition coefficient (Wildman–Crippen LogP) is 6.25. The van der Waals surface area contributed by atoms with Crippen LogP contribution >= 0.6 is 0 Å². The van der Waals surface area contributed by atoms with Gasteiger partial charge in [0.05, 0.1) is 12.5 Å². The molecule has 0 unspecified atom stereocenters. The summed E-state index contributed by atoms with van der Waals surface area (Å²) in [4.78, 5) is 11.3. The lowest BCUT2D eigenvalue weighted by molar-refractivity contribution is 0.0951. The van der Waals surface area contributed by atoms with Crippen LogP contribution in [-0.4, -0.2) is 32.4 Å². The van der Waals surface area contributed by atoms with Crippen molar-refractivity contribution in [2.75, 3.05) is 13.2 Å². The molecule has 0 aliphatic rings. The summed E-state index contributed by atoms with van der Waals surface area (Å²) in [5.74, 6) is 1.59. The van der Waals surface area contributed by atoms with Gasteiger partial charge < -0.3 is 18.4 Å². The monoisotopic (exact) mass is 422 g/mol. The second kappa shape index (κ2) is 15.2. The van der Waals surface area contributed by atoms with Gasteiger partial charge in [-0.1, -0.05) is 19.3 Å². The van der Waals surface area contributed by atoms with E-state index in [4.69, 9.17) is 18.4 Å². The van der Waals surface area contributed by atoms with E-state index < -0.39 is 8.32 Å². The van der Waals surface area contributed by atoms with Crippen LogP contribution in [0.3, 0.4) is 0 Å². The molecule has 0 radical (unpaired) electrons. The maximum atomic E-state index is 11.3. The molecule has 2 aromatic heterocycles. The maximum Gasteiger partial charge on any atom is 0.197 e. The molecule has 0 atom stereocenters. The molecule has 0 aliphatic carbocycles. The van der Waals surface area contributed by atoms with E-state index in [1.54, 1.807) is 18.4 Å². The lowest BCUT2D eigenvalue weighted by atomic mass is 10.1. The number of Topliss-reactive ketones (excluding diaryl/α,β-unsaturated/α-hetero) is 1. The molecule has 0 aliphatic heterocycles. The van der Waals surface area contributed by atoms with Crippen LogP contribution in [0.5, 0.6) is 0 Å². The highest BCUT2D eigenvalue weighted by molar-refractivity contribution is 6.69. The van der Waals surface area contributed by atoms with Crippen molar-refractivity contribution in [3.63, 3.8) is 0 Å². The summed E-state index contributed by atoms with van der Waals surface area (Å²) >= 11 is 0. The molecular formula is C23H38O5Si. The zero-order valence-corrected chi connectivity index (χ0v) is 19.3. The SMILES string of the molecule is C[Si](C)(C)OCCCCCCc1ccco1.O=C(CCCCCO)c1ccco1. The Kier molecular flexibility index (Phi) is 13.3. The molecule has 0 bridgehead atoms. The number of aliphatic hydroxyl groups is 1. The molecule has 1 N–H and O–H groups in total. The Balaban J connectivity index is 0.000000296. The number of aliphatic hydroxyl groups excluding tert-OH is 1. The van der Waals surface area contributed by atoms with Crippen molar-refractivity contribution in [2.45, 2.75) is 77.4 Å². The molecule has 0 fully saturated rings. The van der Waals surface area contributed by atoms with Gasteiger partial charge in [-0.15, -0.1) is 0 Å². The summed E-state index contributed by atoms with van der Waals surface area (Å²) < 4.78 is 16.0. The minimum Gasteiger partial charge on any atom is -0.469 e. The molecule has 164 valence electrons. The standard InChI is InChI=1S/C13H24O2Si.C10H14O3/c1-16(2,3)15-12-7-5-4-6-9-13-10-8-11-14-13;11-7-3-1-2-5-9(12)10-6-4-8-13-10/h8,10-11H,4-7,9,12H2,1-3H3;4,6,8,11H,1-3,5,7H2. The second-order valence-corrected chi connectivity index (χ2v) is 12.7. The summed E-state index contributed by atoms with van der Waals surface area (Å²) in [6, 6.07) is 7.39. The van der Waals surface area contributed by atoms with Crippen LogP contribution in [0.2, 0.25) is 19.6 Å². The van der Waals surface area contributed by atoms with Crippen molar-refractivity contribution >= 4 is 14.1 Å². The Morgan fingerprint density at radius 1 is 0.931 bits per heavy atom. The van der Waals surface area contributed by atoms with Gasteiger partial charge in [-0.25, -0.2) is 0 Å². The summed E-state index contributed by atoms with van der Waals surface area (Å²) in [6.07, 6.45) is 12.3. The number of hydrogen-bond donors (Lipinski definition) is 1. The van der Waals surface area contributed by atoms with Crippen LogP contribution in [0.4, 0.5) is 0 Å². The van der Waals surface area contributed by atoms with E-state index in [1.807, 2.05) is 12.1 Å². The summed E-state index contributed by atoms with van der Waals surface area (Å²) in [5.41, 5.74) is 0. The van der Waals surface area contributed by atoms with Gasteiger partial charge in [-0.2, -0.15) is 0 Å². The van der Waals surface area contributed by atoms with E-state index in [0.717, 1.165) is 38.1 Å². The largest absolute Gasteiger partial charge is 0.469 e. The fraction of sp³-hybridized carbons (Fsp3) is 0.609. The van der Waals surface area contributed by atoms with E-state index in [2.05, 4.69) is 19.6 Å². The highest BCUT2D eigenvalue weighted by Crippen LogP contribution is 2.10. The van der Waals surface area contributed by atoms with Gasteiger partial charge in [0.25, 0.3) is 0 Å². The first kappa shape index (κ1) is 25.4. The molecule has 0 saturated heterocycles. The average Bonchev–Trinajstić information content (AvgIpc) is 3.38. The van der Waals surface area contributed by atoms with Gasteiger partial charge in [0.1, 0.15) is 5.76 Å². The van der Waals surface area contributed by atoms with E-state index in [9.17, 15) is 4.79 Å². The van der Waals surface area contributed by atoms with Crippen molar-refractivity contribution in [2.24, 2.45) is 0 Å². The molecule has 0 saturated carbocycles. The smallest absolute Gasteiger partial charge is 0.197 e. The topological polar surface area (TPSA) is 72.8 Å². The van der Waals surface area contributed by atoms with Crippen LogP contribution in [-0.2, 0) is 10.8 Å². The van der Waals surface area contributed by atoms with Crippen LogP contribution in [0.15, 0.2) is 45.6 Å². The number of ketones is 1. The number of carbonyl (C=O) groups is 1. The average molecular weight is 423 g/mol. The molecular weight excluding hydrogens is 384 g/mol. The molecule has 0 spiro atoms. The van der Waals surface area contributed by atoms with Gasteiger partial charge >= 0.3 is 0 Å². The number of rotatable bonds is 14. The van der Waals surface area contributed by atoms with E-state index in [-0.39, 0.29) is 12.4 Å². The number of carbonyl (C=O) groups excluding carboxylic acids is 1. The zero-order valence-electron chi connectivity index (χ0n) is 18.3. The second-order valence-electron chi connectivity index (χ2n) is 8.14. The van der Waals surface area contributed by atoms with Crippen molar-refractivity contribution in [3.05, 3.63) is 48.3 Å². The number of unbranched alkanes of at least 4 members (excludes halogenated alkanes) is 5. The Bertz CT molecular complexity index is 614. The Morgan fingerprint density at radius 3 is 2.24 bits per heavy atom. The van der Waals surface area contributed by atoms with Crippen molar-refractivity contribution < 1.29 is 23.2 Å². The Hall–Kier alpha value is -1.63. The highest BCUT2D eigenvalue weighted by atomic mass is 28.4. The van der Waals surface area contributed by atoms with Crippen molar-refractivity contribution in [1.29, 1.82) is 0 Å². The van der Waals surface area contributed by atoms with Gasteiger partial charge in [0.15, 0.2) is 19.9 Å². The fourth-order valence-electron chi connectivity index (χ4n) is 2.72. The number of hydrogen-bond acceptors (Lipinski definition) is 5. The fourth-order valence-corrected chi connectivity index (χ4v) is 3.48. The molecule has 6 heteroatoms. The minimum absolute atomic E-state index is 0.0444. The lowest BCUT2D eigenvalue weighted by Crippen LogP contribution is -2.25. The molecule has 0 amide bonds. The third-order valence-electron chi connectivity index (χ3n) is 4.29. The van der Waals surface area contributed by atoms with E-state index in [1.165, 1.54) is 31.9 Å². The van der Waals surface area contributed by atoms with Crippen LogP contribution in [0, 0.1) is 0 Å². The molecule has 29 heavy (non-hydrogen) atoms. The van der Waals surface area contributed by atoms with Crippen LogP contribution in [0.1, 0.15) is 67.7 Å². The first-order valence-corrected chi connectivity index (χ1v) is 14.2. The summed E-state index contributed by atoms with van der Waals surface area (Å²) in [5, 5.41) is 8.51. The van der Waals surface area contributed by atoms with Gasteiger partial charge in [-0.05, 0) is 69.6 Å². The lowest BCUT2D eigenvalue weighted by Gasteiger charge is -2.16. The number of aryl methyl sites for hydroxylation is 1.